The summed E-state index contributed by atoms with van der Waals surface area (Å²) in [6.07, 6.45) is 1.47. The molecule has 0 fully saturated rings. The quantitative estimate of drug-likeness (QED) is 0.683. The third-order valence-electron chi connectivity index (χ3n) is 1.56. The molecule has 1 aromatic rings. The molecule has 1 amide bonds. The zero-order valence-corrected chi connectivity index (χ0v) is 7.90. The van der Waals surface area contributed by atoms with Crippen molar-refractivity contribution in [2.24, 2.45) is 5.73 Å². The van der Waals surface area contributed by atoms with E-state index in [0.717, 1.165) is 0 Å². The van der Waals surface area contributed by atoms with Crippen molar-refractivity contribution in [1.82, 2.24) is 4.98 Å². The molecule has 0 saturated heterocycles. The van der Waals surface area contributed by atoms with Crippen LogP contribution in [-0.2, 0) is 4.74 Å². The van der Waals surface area contributed by atoms with E-state index in [1.54, 1.807) is 7.11 Å². The summed E-state index contributed by atoms with van der Waals surface area (Å²) in [6, 6.07) is 3.03. The molecule has 0 aromatic carbocycles. The van der Waals surface area contributed by atoms with Gasteiger partial charge in [0.2, 0.25) is 11.8 Å². The second kappa shape index (κ2) is 5.18. The van der Waals surface area contributed by atoms with Gasteiger partial charge in [0.25, 0.3) is 0 Å². The molecule has 0 spiro atoms. The van der Waals surface area contributed by atoms with E-state index < -0.39 is 5.91 Å². The number of nitrogens with zero attached hydrogens (tertiary/aromatic N) is 1. The van der Waals surface area contributed by atoms with Crippen molar-refractivity contribution in [2.75, 3.05) is 20.3 Å². The van der Waals surface area contributed by atoms with Crippen LogP contribution in [0.15, 0.2) is 18.3 Å². The monoisotopic (exact) mass is 196 g/mol. The van der Waals surface area contributed by atoms with Crippen molar-refractivity contribution in [2.45, 2.75) is 0 Å². The van der Waals surface area contributed by atoms with Gasteiger partial charge in [0.05, 0.1) is 6.61 Å². The molecule has 0 bridgehead atoms. The zero-order chi connectivity index (χ0) is 10.4. The molecule has 5 nitrogen and oxygen atoms in total. The van der Waals surface area contributed by atoms with Gasteiger partial charge in [0.1, 0.15) is 6.61 Å². The molecule has 0 aliphatic heterocycles. The highest BCUT2D eigenvalue weighted by Crippen LogP contribution is 2.08. The number of carbonyl (C=O) groups excluding carboxylic acids is 1. The minimum Gasteiger partial charge on any atom is -0.475 e. The standard InChI is InChI=1S/C9H12N2O3/c1-13-4-5-14-8-6-7(9(10)12)2-3-11-8/h2-3,6H,4-5H2,1H3,(H2,10,12). The second-order valence-electron chi connectivity index (χ2n) is 2.59. The molecule has 5 heteroatoms. The van der Waals surface area contributed by atoms with Gasteiger partial charge >= 0.3 is 0 Å². The Balaban J connectivity index is 2.59. The Morgan fingerprint density at radius 2 is 2.36 bits per heavy atom. The molecule has 0 radical (unpaired) electrons. The van der Waals surface area contributed by atoms with Crippen molar-refractivity contribution in [3.63, 3.8) is 0 Å². The lowest BCUT2D eigenvalue weighted by molar-refractivity contribution is 0.0999. The van der Waals surface area contributed by atoms with Gasteiger partial charge in [-0.25, -0.2) is 4.98 Å². The normalized spacial score (nSPS) is 9.79. The summed E-state index contributed by atoms with van der Waals surface area (Å²) >= 11 is 0. The van der Waals surface area contributed by atoms with Crippen LogP contribution in [-0.4, -0.2) is 31.2 Å². The van der Waals surface area contributed by atoms with E-state index in [4.69, 9.17) is 15.2 Å². The topological polar surface area (TPSA) is 74.4 Å². The Morgan fingerprint density at radius 1 is 1.57 bits per heavy atom. The molecular weight excluding hydrogens is 184 g/mol. The molecule has 0 saturated carbocycles. The van der Waals surface area contributed by atoms with Crippen LogP contribution in [0.25, 0.3) is 0 Å². The molecule has 0 unspecified atom stereocenters. The average Bonchev–Trinajstić information content (AvgIpc) is 2.19. The molecule has 14 heavy (non-hydrogen) atoms. The van der Waals surface area contributed by atoms with Gasteiger partial charge in [-0.3, -0.25) is 4.79 Å². The van der Waals surface area contributed by atoms with Gasteiger partial charge in [-0.05, 0) is 6.07 Å². The minimum absolute atomic E-state index is 0.373. The summed E-state index contributed by atoms with van der Waals surface area (Å²) in [7, 11) is 1.58. The Kier molecular flexibility index (Phi) is 3.87. The summed E-state index contributed by atoms with van der Waals surface area (Å²) in [6.45, 7) is 0.869. The van der Waals surface area contributed by atoms with E-state index >= 15 is 0 Å². The minimum atomic E-state index is -0.496. The van der Waals surface area contributed by atoms with Crippen LogP contribution in [0.5, 0.6) is 5.88 Å². The van der Waals surface area contributed by atoms with E-state index in [0.29, 0.717) is 24.7 Å². The van der Waals surface area contributed by atoms with Crippen molar-refractivity contribution >= 4 is 5.91 Å². The zero-order valence-electron chi connectivity index (χ0n) is 7.90. The maximum Gasteiger partial charge on any atom is 0.248 e. The predicted octanol–water partition coefficient (Wildman–Crippen LogP) is 0.206. The van der Waals surface area contributed by atoms with Crippen LogP contribution in [0.3, 0.4) is 0 Å². The smallest absolute Gasteiger partial charge is 0.248 e. The summed E-state index contributed by atoms with van der Waals surface area (Å²) in [5.41, 5.74) is 5.47. The van der Waals surface area contributed by atoms with Gasteiger partial charge in [0.15, 0.2) is 0 Å². The van der Waals surface area contributed by atoms with Crippen LogP contribution in [0.1, 0.15) is 10.4 Å². The highest BCUT2D eigenvalue weighted by molar-refractivity contribution is 5.92. The molecule has 0 aliphatic rings. The predicted molar refractivity (Wildman–Crippen MR) is 50.1 cm³/mol. The first kappa shape index (κ1) is 10.5. The van der Waals surface area contributed by atoms with Gasteiger partial charge in [0, 0.05) is 24.9 Å². The first-order chi connectivity index (χ1) is 6.74. The molecule has 0 atom stereocenters. The molecular formula is C9H12N2O3. The van der Waals surface area contributed by atoms with Crippen LogP contribution < -0.4 is 10.5 Å². The second-order valence-corrected chi connectivity index (χ2v) is 2.59. The number of aromatic nitrogens is 1. The van der Waals surface area contributed by atoms with Crippen LogP contribution in [0.2, 0.25) is 0 Å². The Hall–Kier alpha value is -1.62. The lowest BCUT2D eigenvalue weighted by Gasteiger charge is -2.04. The third-order valence-corrected chi connectivity index (χ3v) is 1.56. The summed E-state index contributed by atoms with van der Waals surface area (Å²) in [4.78, 5) is 14.7. The first-order valence-corrected chi connectivity index (χ1v) is 4.11. The molecule has 1 aromatic heterocycles. The Labute approximate surface area is 81.8 Å². The number of carbonyl (C=O) groups is 1. The maximum absolute atomic E-state index is 10.8. The average molecular weight is 196 g/mol. The Morgan fingerprint density at radius 3 is 3.00 bits per heavy atom. The fourth-order valence-corrected chi connectivity index (χ4v) is 0.871. The van der Waals surface area contributed by atoms with Crippen molar-refractivity contribution in [3.05, 3.63) is 23.9 Å². The summed E-state index contributed by atoms with van der Waals surface area (Å²) in [5, 5.41) is 0. The maximum atomic E-state index is 10.8. The van der Waals surface area contributed by atoms with E-state index in [1.165, 1.54) is 18.3 Å². The van der Waals surface area contributed by atoms with Crippen LogP contribution in [0.4, 0.5) is 0 Å². The highest BCUT2D eigenvalue weighted by Gasteiger charge is 2.02. The van der Waals surface area contributed by atoms with Crippen molar-refractivity contribution in [1.29, 1.82) is 0 Å². The number of pyridine rings is 1. The first-order valence-electron chi connectivity index (χ1n) is 4.11. The highest BCUT2D eigenvalue weighted by atomic mass is 16.5. The fraction of sp³-hybridized carbons (Fsp3) is 0.333. The van der Waals surface area contributed by atoms with Gasteiger partial charge in [-0.1, -0.05) is 0 Å². The van der Waals surface area contributed by atoms with E-state index in [-0.39, 0.29) is 0 Å². The lowest BCUT2D eigenvalue weighted by atomic mass is 10.2. The van der Waals surface area contributed by atoms with Crippen molar-refractivity contribution in [3.8, 4) is 5.88 Å². The van der Waals surface area contributed by atoms with Gasteiger partial charge in [-0.2, -0.15) is 0 Å². The molecule has 1 heterocycles. The Bertz CT molecular complexity index is 315. The largest absolute Gasteiger partial charge is 0.475 e. The molecule has 1 rings (SSSR count). The number of hydrogen-bond acceptors (Lipinski definition) is 4. The van der Waals surface area contributed by atoms with E-state index in [2.05, 4.69) is 4.98 Å². The number of amides is 1. The molecule has 2 N–H and O–H groups in total. The molecule has 76 valence electrons. The number of rotatable bonds is 5. The number of hydrogen-bond donors (Lipinski definition) is 1. The molecule has 0 aliphatic carbocycles. The number of methoxy groups -OCH3 is 1. The van der Waals surface area contributed by atoms with Crippen molar-refractivity contribution < 1.29 is 14.3 Å². The van der Waals surface area contributed by atoms with Crippen LogP contribution >= 0.6 is 0 Å². The SMILES string of the molecule is COCCOc1cc(C(N)=O)ccn1. The third kappa shape index (κ3) is 3.02. The summed E-state index contributed by atoms with van der Waals surface area (Å²) < 4.78 is 9.99. The van der Waals surface area contributed by atoms with Gasteiger partial charge in [-0.15, -0.1) is 0 Å². The lowest BCUT2D eigenvalue weighted by Crippen LogP contribution is -2.12. The fourth-order valence-electron chi connectivity index (χ4n) is 0.871. The van der Waals surface area contributed by atoms with E-state index in [1.807, 2.05) is 0 Å². The van der Waals surface area contributed by atoms with E-state index in [9.17, 15) is 4.79 Å². The number of primary amides is 1. The number of nitrogens with two attached hydrogens (primary N) is 1. The number of ether oxygens (including phenoxy) is 2. The summed E-state index contributed by atoms with van der Waals surface area (Å²) in [5.74, 6) is -0.123. The van der Waals surface area contributed by atoms with Gasteiger partial charge < -0.3 is 15.2 Å². The van der Waals surface area contributed by atoms with Crippen LogP contribution in [0, 0.1) is 0 Å².